The van der Waals surface area contributed by atoms with Crippen LogP contribution in [0, 0.1) is 0 Å². The van der Waals surface area contributed by atoms with Crippen molar-refractivity contribution in [1.29, 1.82) is 0 Å². The Hall–Kier alpha value is -2.14. The van der Waals surface area contributed by atoms with Gasteiger partial charge in [-0.1, -0.05) is 30.3 Å². The molecule has 1 atom stereocenters. The van der Waals surface area contributed by atoms with E-state index in [2.05, 4.69) is 9.55 Å². The molecule has 1 aromatic carbocycles. The molecule has 20 heavy (non-hydrogen) atoms. The summed E-state index contributed by atoms with van der Waals surface area (Å²) < 4.78 is 2.07. The Morgan fingerprint density at radius 1 is 1.30 bits per heavy atom. The Balaban J connectivity index is 1.83. The summed E-state index contributed by atoms with van der Waals surface area (Å²) in [5.74, 6) is 0.853. The van der Waals surface area contributed by atoms with Crippen LogP contribution in [0.4, 0.5) is 0 Å². The molecule has 1 aliphatic heterocycles. The number of carbonyl (C=O) groups excluding carboxylic acids is 1. The minimum Gasteiger partial charge on any atom is -0.332 e. The molecule has 1 aromatic heterocycles. The van der Waals surface area contributed by atoms with Crippen LogP contribution in [0.15, 0.2) is 42.7 Å². The molecule has 0 saturated heterocycles. The molecule has 1 amide bonds. The van der Waals surface area contributed by atoms with Gasteiger partial charge in [-0.2, -0.15) is 0 Å². The Morgan fingerprint density at radius 2 is 2.05 bits per heavy atom. The lowest BCUT2D eigenvalue weighted by atomic mass is 9.91. The fourth-order valence-electron chi connectivity index (χ4n) is 2.58. The van der Waals surface area contributed by atoms with Gasteiger partial charge in [0.2, 0.25) is 5.91 Å². The van der Waals surface area contributed by atoms with Crippen molar-refractivity contribution in [3.05, 3.63) is 54.1 Å². The Labute approximate surface area is 118 Å². The smallest absolute Gasteiger partial charge is 0.247 e. The van der Waals surface area contributed by atoms with Gasteiger partial charge >= 0.3 is 0 Å². The van der Waals surface area contributed by atoms with Crippen molar-refractivity contribution in [1.82, 2.24) is 14.5 Å². The molecule has 1 unspecified atom stereocenters. The molecule has 5 nitrogen and oxygen atoms in total. The van der Waals surface area contributed by atoms with E-state index in [1.165, 1.54) is 0 Å². The molecule has 3 rings (SSSR count). The van der Waals surface area contributed by atoms with E-state index in [-0.39, 0.29) is 5.91 Å². The number of aromatic nitrogens is 2. The predicted molar refractivity (Wildman–Crippen MR) is 75.6 cm³/mol. The van der Waals surface area contributed by atoms with Crippen molar-refractivity contribution in [2.75, 3.05) is 6.54 Å². The van der Waals surface area contributed by atoms with Crippen molar-refractivity contribution < 1.29 is 4.79 Å². The maximum atomic E-state index is 12.7. The van der Waals surface area contributed by atoms with Crippen molar-refractivity contribution in [2.24, 2.45) is 5.73 Å². The summed E-state index contributed by atoms with van der Waals surface area (Å²) in [6.07, 6.45) is 3.71. The number of amides is 1. The van der Waals surface area contributed by atoms with Crippen LogP contribution in [-0.2, 0) is 23.4 Å². The Bertz CT molecular complexity index is 618. The van der Waals surface area contributed by atoms with Gasteiger partial charge in [-0.05, 0) is 12.5 Å². The first-order chi connectivity index (χ1) is 9.59. The molecule has 2 N–H and O–H groups in total. The molecular weight excluding hydrogens is 252 g/mol. The monoisotopic (exact) mass is 270 g/mol. The van der Waals surface area contributed by atoms with Gasteiger partial charge in [-0.25, -0.2) is 4.98 Å². The average Bonchev–Trinajstić information content (AvgIpc) is 2.94. The zero-order valence-electron chi connectivity index (χ0n) is 11.5. The highest BCUT2D eigenvalue weighted by atomic mass is 16.2. The van der Waals surface area contributed by atoms with Crippen LogP contribution < -0.4 is 5.73 Å². The SMILES string of the molecule is CC(N)(C(=O)N1CCn2ccnc2C1)c1ccccc1. The number of hydrogen-bond acceptors (Lipinski definition) is 3. The lowest BCUT2D eigenvalue weighted by Gasteiger charge is -2.34. The molecule has 104 valence electrons. The van der Waals surface area contributed by atoms with E-state index in [4.69, 9.17) is 5.73 Å². The van der Waals surface area contributed by atoms with Crippen LogP contribution in [0.3, 0.4) is 0 Å². The average molecular weight is 270 g/mol. The van der Waals surface area contributed by atoms with Gasteiger partial charge in [0.25, 0.3) is 0 Å². The maximum Gasteiger partial charge on any atom is 0.247 e. The number of carbonyl (C=O) groups is 1. The van der Waals surface area contributed by atoms with Crippen LogP contribution in [0.25, 0.3) is 0 Å². The minimum atomic E-state index is -1.00. The number of rotatable bonds is 2. The van der Waals surface area contributed by atoms with Crippen LogP contribution in [0.5, 0.6) is 0 Å². The van der Waals surface area contributed by atoms with Crippen molar-refractivity contribution in [2.45, 2.75) is 25.6 Å². The highest BCUT2D eigenvalue weighted by molar-refractivity contribution is 5.87. The third-order valence-corrected chi connectivity index (χ3v) is 3.85. The van der Waals surface area contributed by atoms with E-state index >= 15 is 0 Å². The molecule has 0 saturated carbocycles. The first-order valence-electron chi connectivity index (χ1n) is 6.73. The maximum absolute atomic E-state index is 12.7. The molecular formula is C15H18N4O. The molecule has 2 aromatic rings. The summed E-state index contributed by atoms with van der Waals surface area (Å²) in [5.41, 5.74) is 6.12. The standard InChI is InChI=1S/C15H18N4O/c1-15(16,12-5-3-2-4-6-12)14(20)19-10-9-18-8-7-17-13(18)11-19/h2-8H,9-11,16H2,1H3. The largest absolute Gasteiger partial charge is 0.332 e. The number of benzene rings is 1. The Morgan fingerprint density at radius 3 is 2.80 bits per heavy atom. The number of imidazole rings is 1. The fraction of sp³-hybridized carbons (Fsp3) is 0.333. The normalized spacial score (nSPS) is 17.4. The van der Waals surface area contributed by atoms with E-state index in [0.29, 0.717) is 13.1 Å². The van der Waals surface area contributed by atoms with Gasteiger partial charge < -0.3 is 15.2 Å². The summed E-state index contributed by atoms with van der Waals surface area (Å²) in [6.45, 7) is 3.73. The Kier molecular flexibility index (Phi) is 3.06. The molecule has 0 spiro atoms. The van der Waals surface area contributed by atoms with E-state index < -0.39 is 5.54 Å². The minimum absolute atomic E-state index is 0.0575. The van der Waals surface area contributed by atoms with E-state index in [1.54, 1.807) is 18.0 Å². The number of nitrogens with two attached hydrogens (primary N) is 1. The highest BCUT2D eigenvalue weighted by Gasteiger charge is 2.35. The van der Waals surface area contributed by atoms with E-state index in [1.807, 2.05) is 36.5 Å². The fourth-order valence-corrected chi connectivity index (χ4v) is 2.58. The second-order valence-electron chi connectivity index (χ2n) is 5.33. The predicted octanol–water partition coefficient (Wildman–Crippen LogP) is 1.10. The van der Waals surface area contributed by atoms with Crippen LogP contribution in [-0.4, -0.2) is 26.9 Å². The van der Waals surface area contributed by atoms with Crippen LogP contribution in [0.2, 0.25) is 0 Å². The lowest BCUT2D eigenvalue weighted by molar-refractivity contribution is -0.138. The summed E-state index contributed by atoms with van der Waals surface area (Å²) in [7, 11) is 0. The third kappa shape index (κ3) is 2.10. The van der Waals surface area contributed by atoms with Gasteiger partial charge in [0.1, 0.15) is 11.4 Å². The highest BCUT2D eigenvalue weighted by Crippen LogP contribution is 2.22. The zero-order valence-corrected chi connectivity index (χ0v) is 11.5. The summed E-state index contributed by atoms with van der Waals surface area (Å²) in [5, 5.41) is 0. The second kappa shape index (κ2) is 4.76. The quantitative estimate of drug-likeness (QED) is 0.888. The van der Waals surface area contributed by atoms with Crippen molar-refractivity contribution in [3.63, 3.8) is 0 Å². The molecule has 5 heteroatoms. The topological polar surface area (TPSA) is 64.2 Å². The lowest BCUT2D eigenvalue weighted by Crippen LogP contribution is -2.52. The van der Waals surface area contributed by atoms with E-state index in [9.17, 15) is 4.79 Å². The van der Waals surface area contributed by atoms with Crippen LogP contribution >= 0.6 is 0 Å². The first-order valence-corrected chi connectivity index (χ1v) is 6.73. The summed E-state index contributed by atoms with van der Waals surface area (Å²) in [6, 6.07) is 9.50. The molecule has 0 radical (unpaired) electrons. The van der Waals surface area contributed by atoms with Gasteiger partial charge in [0, 0.05) is 25.5 Å². The molecule has 1 aliphatic rings. The van der Waals surface area contributed by atoms with Gasteiger partial charge in [0.05, 0.1) is 6.54 Å². The van der Waals surface area contributed by atoms with Gasteiger partial charge in [0.15, 0.2) is 0 Å². The van der Waals surface area contributed by atoms with Gasteiger partial charge in [-0.15, -0.1) is 0 Å². The van der Waals surface area contributed by atoms with Crippen molar-refractivity contribution in [3.8, 4) is 0 Å². The zero-order chi connectivity index (χ0) is 14.2. The number of fused-ring (bicyclic) bond motifs is 1. The van der Waals surface area contributed by atoms with Crippen molar-refractivity contribution >= 4 is 5.91 Å². The summed E-state index contributed by atoms with van der Waals surface area (Å²) in [4.78, 5) is 18.8. The molecule has 0 aliphatic carbocycles. The summed E-state index contributed by atoms with van der Waals surface area (Å²) >= 11 is 0. The molecule has 0 fully saturated rings. The molecule has 0 bridgehead atoms. The number of nitrogens with zero attached hydrogens (tertiary/aromatic N) is 3. The molecule has 2 heterocycles. The third-order valence-electron chi connectivity index (χ3n) is 3.85. The number of hydrogen-bond donors (Lipinski definition) is 1. The first kappa shape index (κ1) is 12.9. The van der Waals surface area contributed by atoms with Crippen LogP contribution in [0.1, 0.15) is 18.3 Å². The van der Waals surface area contributed by atoms with Gasteiger partial charge in [-0.3, -0.25) is 4.79 Å². The van der Waals surface area contributed by atoms with E-state index in [0.717, 1.165) is 17.9 Å². The second-order valence-corrected chi connectivity index (χ2v) is 5.33.